The highest BCUT2D eigenvalue weighted by molar-refractivity contribution is 7.80. The number of hydrogen-bond donors (Lipinski definition) is 3. The molecule has 0 fully saturated rings. The summed E-state index contributed by atoms with van der Waals surface area (Å²) < 4.78 is 11.4. The van der Waals surface area contributed by atoms with E-state index in [4.69, 9.17) is 21.7 Å². The van der Waals surface area contributed by atoms with Gasteiger partial charge in [0, 0.05) is 16.9 Å². The zero-order chi connectivity index (χ0) is 29.2. The van der Waals surface area contributed by atoms with Crippen LogP contribution >= 0.6 is 12.2 Å². The van der Waals surface area contributed by atoms with E-state index in [1.54, 1.807) is 48.5 Å². The van der Waals surface area contributed by atoms with E-state index in [0.717, 1.165) is 11.3 Å². The highest BCUT2D eigenvalue weighted by atomic mass is 32.1. The van der Waals surface area contributed by atoms with Gasteiger partial charge >= 0.3 is 0 Å². The van der Waals surface area contributed by atoms with Crippen LogP contribution in [0.4, 0.5) is 11.4 Å². The Morgan fingerprint density at radius 3 is 1.93 bits per heavy atom. The molecule has 210 valence electrons. The first-order valence-electron chi connectivity index (χ1n) is 13.2. The number of anilines is 2. The normalized spacial score (nSPS) is 10.8. The molecular formula is C33H33N3O4S. The predicted molar refractivity (Wildman–Crippen MR) is 167 cm³/mol. The number of thiocarbonyl (C=S) groups is 1. The molecule has 3 N–H and O–H groups in total. The van der Waals surface area contributed by atoms with Crippen molar-refractivity contribution < 1.29 is 19.1 Å². The summed E-state index contributed by atoms with van der Waals surface area (Å²) in [6.07, 6.45) is 0. The van der Waals surface area contributed by atoms with Crippen LogP contribution in [-0.4, -0.2) is 30.1 Å². The van der Waals surface area contributed by atoms with Gasteiger partial charge in [0.05, 0.1) is 5.56 Å². The number of hydrogen-bond acceptors (Lipinski definition) is 5. The Labute approximate surface area is 245 Å². The van der Waals surface area contributed by atoms with Crippen molar-refractivity contribution in [1.82, 2.24) is 5.32 Å². The Morgan fingerprint density at radius 2 is 1.27 bits per heavy atom. The van der Waals surface area contributed by atoms with Gasteiger partial charge < -0.3 is 20.1 Å². The average molecular weight is 568 g/mol. The Kier molecular flexibility index (Phi) is 9.71. The van der Waals surface area contributed by atoms with E-state index in [-0.39, 0.29) is 23.0 Å². The van der Waals surface area contributed by atoms with E-state index >= 15 is 0 Å². The molecule has 41 heavy (non-hydrogen) atoms. The number of carbonyl (C=O) groups is 2. The first-order valence-corrected chi connectivity index (χ1v) is 13.6. The second-order valence-corrected chi connectivity index (χ2v) is 10.7. The van der Waals surface area contributed by atoms with Crippen molar-refractivity contribution in [3.8, 4) is 11.5 Å². The van der Waals surface area contributed by atoms with Crippen LogP contribution in [-0.2, 0) is 5.41 Å². The molecule has 8 heteroatoms. The first kappa shape index (κ1) is 29.3. The van der Waals surface area contributed by atoms with Crippen LogP contribution in [0.5, 0.6) is 11.5 Å². The fourth-order valence-electron chi connectivity index (χ4n) is 3.90. The number of benzene rings is 4. The molecule has 0 atom stereocenters. The van der Waals surface area contributed by atoms with Gasteiger partial charge in [-0.3, -0.25) is 14.9 Å². The molecule has 0 aliphatic rings. The average Bonchev–Trinajstić information content (AvgIpc) is 2.96. The molecule has 0 aliphatic heterocycles. The van der Waals surface area contributed by atoms with Gasteiger partial charge in [-0.15, -0.1) is 0 Å². The van der Waals surface area contributed by atoms with Gasteiger partial charge in [-0.1, -0.05) is 63.2 Å². The van der Waals surface area contributed by atoms with Crippen LogP contribution in [0.15, 0.2) is 103 Å². The predicted octanol–water partition coefficient (Wildman–Crippen LogP) is 6.82. The number of rotatable bonds is 9. The van der Waals surface area contributed by atoms with Crippen LogP contribution in [0.1, 0.15) is 47.1 Å². The van der Waals surface area contributed by atoms with Crippen LogP contribution in [0, 0.1) is 0 Å². The van der Waals surface area contributed by atoms with E-state index in [2.05, 4.69) is 36.7 Å². The van der Waals surface area contributed by atoms with Crippen LogP contribution in [0.2, 0.25) is 0 Å². The summed E-state index contributed by atoms with van der Waals surface area (Å²) in [6.45, 7) is 7.00. The second-order valence-electron chi connectivity index (χ2n) is 10.3. The molecule has 0 saturated carbocycles. The fourth-order valence-corrected chi connectivity index (χ4v) is 4.11. The third kappa shape index (κ3) is 8.65. The molecule has 0 heterocycles. The molecule has 0 radical (unpaired) electrons. The van der Waals surface area contributed by atoms with Crippen molar-refractivity contribution in [2.45, 2.75) is 26.2 Å². The zero-order valence-electron chi connectivity index (χ0n) is 23.3. The van der Waals surface area contributed by atoms with Crippen molar-refractivity contribution in [2.75, 3.05) is 23.8 Å². The Hall–Kier alpha value is -4.69. The Morgan fingerprint density at radius 1 is 0.683 bits per heavy atom. The van der Waals surface area contributed by atoms with Crippen LogP contribution < -0.4 is 25.4 Å². The van der Waals surface area contributed by atoms with E-state index in [1.165, 1.54) is 0 Å². The summed E-state index contributed by atoms with van der Waals surface area (Å²) in [7, 11) is 0. The van der Waals surface area contributed by atoms with E-state index in [1.807, 2.05) is 54.6 Å². The molecule has 0 aromatic heterocycles. The maximum absolute atomic E-state index is 12.9. The molecule has 0 aliphatic carbocycles. The monoisotopic (exact) mass is 567 g/mol. The molecule has 4 aromatic rings. The van der Waals surface area contributed by atoms with Gasteiger partial charge in [-0.25, -0.2) is 0 Å². The molecule has 7 nitrogen and oxygen atoms in total. The van der Waals surface area contributed by atoms with Gasteiger partial charge in [-0.05, 0) is 83.9 Å². The highest BCUT2D eigenvalue weighted by Gasteiger charge is 2.15. The molecule has 0 unspecified atom stereocenters. The molecular weight excluding hydrogens is 534 g/mol. The van der Waals surface area contributed by atoms with Gasteiger partial charge in [0.15, 0.2) is 5.11 Å². The minimum atomic E-state index is -0.400. The summed E-state index contributed by atoms with van der Waals surface area (Å²) in [5.41, 5.74) is 3.41. The summed E-state index contributed by atoms with van der Waals surface area (Å²) in [5.74, 6) is 0.586. The summed E-state index contributed by atoms with van der Waals surface area (Å²) in [5, 5.41) is 8.70. The number of carbonyl (C=O) groups excluding carboxylic acids is 2. The van der Waals surface area contributed by atoms with E-state index < -0.39 is 5.91 Å². The second kappa shape index (κ2) is 13.6. The minimum absolute atomic E-state index is 0.0209. The topological polar surface area (TPSA) is 88.7 Å². The summed E-state index contributed by atoms with van der Waals surface area (Å²) >= 11 is 5.35. The smallest absolute Gasteiger partial charge is 0.261 e. The van der Waals surface area contributed by atoms with Crippen molar-refractivity contribution in [3.63, 3.8) is 0 Å². The summed E-state index contributed by atoms with van der Waals surface area (Å²) in [4.78, 5) is 25.6. The number of ether oxygens (including phenoxy) is 2. The third-order valence-corrected chi connectivity index (χ3v) is 6.33. The van der Waals surface area contributed by atoms with Crippen molar-refractivity contribution in [1.29, 1.82) is 0 Å². The zero-order valence-corrected chi connectivity index (χ0v) is 24.1. The lowest BCUT2D eigenvalue weighted by atomic mass is 9.87. The van der Waals surface area contributed by atoms with Crippen LogP contribution in [0.3, 0.4) is 0 Å². The number of para-hydroxylation sites is 2. The number of amides is 2. The van der Waals surface area contributed by atoms with Crippen molar-refractivity contribution >= 4 is 40.5 Å². The minimum Gasteiger partial charge on any atom is -0.490 e. The van der Waals surface area contributed by atoms with Crippen molar-refractivity contribution in [3.05, 3.63) is 120 Å². The lowest BCUT2D eigenvalue weighted by molar-refractivity contribution is 0.0971. The van der Waals surface area contributed by atoms with Gasteiger partial charge in [0.2, 0.25) is 0 Å². The first-order chi connectivity index (χ1) is 19.7. The van der Waals surface area contributed by atoms with Gasteiger partial charge in [0.25, 0.3) is 11.8 Å². The van der Waals surface area contributed by atoms with E-state index in [0.29, 0.717) is 34.9 Å². The number of nitrogens with one attached hydrogen (secondary N) is 3. The quantitative estimate of drug-likeness (QED) is 0.152. The van der Waals surface area contributed by atoms with Gasteiger partial charge in [0.1, 0.15) is 24.7 Å². The van der Waals surface area contributed by atoms with E-state index in [9.17, 15) is 9.59 Å². The molecule has 0 bridgehead atoms. The lowest BCUT2D eigenvalue weighted by Gasteiger charge is -2.19. The molecule has 2 amide bonds. The molecule has 4 rings (SSSR count). The summed E-state index contributed by atoms with van der Waals surface area (Å²) in [6, 6.07) is 31.0. The SMILES string of the molecule is CC(C)(C)c1ccc(C(=O)Nc2ccc(NC(=S)NC(=O)c3ccccc3OCCOc3ccccc3)cc2)cc1. The largest absolute Gasteiger partial charge is 0.490 e. The highest BCUT2D eigenvalue weighted by Crippen LogP contribution is 2.23. The lowest BCUT2D eigenvalue weighted by Crippen LogP contribution is -2.34. The maximum Gasteiger partial charge on any atom is 0.261 e. The third-order valence-electron chi connectivity index (χ3n) is 6.13. The fraction of sp³-hybridized carbons (Fsp3) is 0.182. The Bertz CT molecular complexity index is 1480. The standard InChI is InChI=1S/C33H33N3O4S/c1-33(2,3)24-15-13-23(14-16-24)30(37)34-25-17-19-26(20-18-25)35-32(41)36-31(38)28-11-7-8-12-29(28)40-22-21-39-27-9-5-4-6-10-27/h4-20H,21-22H2,1-3H3,(H,34,37)(H2,35,36,38,41). The van der Waals surface area contributed by atoms with Gasteiger partial charge in [-0.2, -0.15) is 0 Å². The van der Waals surface area contributed by atoms with Crippen molar-refractivity contribution in [2.24, 2.45) is 0 Å². The van der Waals surface area contributed by atoms with Crippen LogP contribution in [0.25, 0.3) is 0 Å². The molecule has 0 spiro atoms. The molecule has 4 aromatic carbocycles. The Balaban J connectivity index is 1.27. The maximum atomic E-state index is 12.9. The molecule has 0 saturated heterocycles.